The Labute approximate surface area is 178 Å². The summed E-state index contributed by atoms with van der Waals surface area (Å²) in [5, 5.41) is 3.21. The van der Waals surface area contributed by atoms with Gasteiger partial charge in [-0.05, 0) is 63.1 Å². The molecule has 5 nitrogen and oxygen atoms in total. The molecule has 5 heteroatoms. The molecule has 2 unspecified atom stereocenters. The van der Waals surface area contributed by atoms with Gasteiger partial charge in [-0.3, -0.25) is 14.6 Å². The minimum absolute atomic E-state index is 0.0682. The molecule has 1 aromatic carbocycles. The number of hydrogen-bond donors (Lipinski definition) is 1. The molecule has 4 rings (SSSR count). The predicted molar refractivity (Wildman–Crippen MR) is 117 cm³/mol. The number of likely N-dealkylation sites (tertiary alicyclic amines) is 1. The van der Waals surface area contributed by atoms with Gasteiger partial charge in [-0.2, -0.15) is 0 Å². The second-order valence-electron chi connectivity index (χ2n) is 8.84. The quantitative estimate of drug-likeness (QED) is 0.786. The van der Waals surface area contributed by atoms with E-state index in [1.54, 1.807) is 6.20 Å². The van der Waals surface area contributed by atoms with Gasteiger partial charge in [0.05, 0.1) is 11.7 Å². The molecule has 158 valence electrons. The smallest absolute Gasteiger partial charge is 0.223 e. The van der Waals surface area contributed by atoms with Crippen LogP contribution >= 0.6 is 0 Å². The van der Waals surface area contributed by atoms with Crippen molar-refractivity contribution in [1.29, 1.82) is 0 Å². The van der Waals surface area contributed by atoms with E-state index in [0.717, 1.165) is 44.3 Å². The molecule has 30 heavy (non-hydrogen) atoms. The number of nitrogens with one attached hydrogen (secondary N) is 1. The first-order chi connectivity index (χ1) is 14.5. The Morgan fingerprint density at radius 2 is 2.03 bits per heavy atom. The molecule has 0 spiro atoms. The number of benzene rings is 1. The van der Waals surface area contributed by atoms with Gasteiger partial charge in [-0.15, -0.1) is 0 Å². The lowest BCUT2D eigenvalue weighted by atomic mass is 9.84. The molecular formula is C25H31N3O2. The molecule has 1 aromatic heterocycles. The van der Waals surface area contributed by atoms with E-state index in [2.05, 4.69) is 41.5 Å². The van der Waals surface area contributed by atoms with Crippen molar-refractivity contribution in [3.63, 3.8) is 0 Å². The second kappa shape index (κ2) is 8.99. The Morgan fingerprint density at radius 1 is 1.20 bits per heavy atom. The van der Waals surface area contributed by atoms with E-state index < -0.39 is 0 Å². The zero-order chi connectivity index (χ0) is 21.0. The molecule has 0 radical (unpaired) electrons. The van der Waals surface area contributed by atoms with Crippen LogP contribution in [-0.2, 0) is 16.0 Å². The first-order valence-corrected chi connectivity index (χ1v) is 11.1. The highest BCUT2D eigenvalue weighted by Crippen LogP contribution is 2.33. The number of carbonyl (C=O) groups excluding carboxylic acids is 2. The second-order valence-corrected chi connectivity index (χ2v) is 8.84. The largest absolute Gasteiger partial charge is 0.350 e. The summed E-state index contributed by atoms with van der Waals surface area (Å²) in [6, 6.07) is 14.5. The van der Waals surface area contributed by atoms with Crippen LogP contribution in [0.25, 0.3) is 0 Å². The zero-order valence-electron chi connectivity index (χ0n) is 17.8. The highest BCUT2D eigenvalue weighted by molar-refractivity contribution is 5.80. The standard InChI is InChI=1S/C25H31N3O2/c1-19-8-10-20(11-9-19)18-25(14-12-23(29)27-25)15-13-24(30)28-17-5-3-7-22(28)21-6-2-4-16-26-21/h2,4,6,8-11,16,22H,3,5,7,12-15,17-18H2,1H3,(H,27,29). The van der Waals surface area contributed by atoms with Crippen LogP contribution in [0, 0.1) is 6.92 Å². The van der Waals surface area contributed by atoms with Gasteiger partial charge in [-0.1, -0.05) is 35.9 Å². The third-order valence-electron chi connectivity index (χ3n) is 6.57. The maximum Gasteiger partial charge on any atom is 0.223 e. The molecule has 0 aliphatic carbocycles. The van der Waals surface area contributed by atoms with Crippen LogP contribution in [0.5, 0.6) is 0 Å². The molecule has 2 atom stereocenters. The fourth-order valence-corrected chi connectivity index (χ4v) is 4.88. The predicted octanol–water partition coefficient (Wildman–Crippen LogP) is 4.12. The highest BCUT2D eigenvalue weighted by atomic mass is 16.2. The van der Waals surface area contributed by atoms with Crippen LogP contribution in [0.1, 0.15) is 67.8 Å². The van der Waals surface area contributed by atoms with E-state index in [9.17, 15) is 9.59 Å². The van der Waals surface area contributed by atoms with Crippen LogP contribution in [0.4, 0.5) is 0 Å². The molecule has 2 aliphatic rings. The minimum atomic E-state index is -0.321. The van der Waals surface area contributed by atoms with Crippen molar-refractivity contribution in [3.05, 3.63) is 65.5 Å². The van der Waals surface area contributed by atoms with Crippen molar-refractivity contribution in [1.82, 2.24) is 15.2 Å². The van der Waals surface area contributed by atoms with Crippen LogP contribution in [-0.4, -0.2) is 33.8 Å². The summed E-state index contributed by atoms with van der Waals surface area (Å²) in [5.41, 5.74) is 3.09. The number of carbonyl (C=O) groups is 2. The molecule has 2 amide bonds. The van der Waals surface area contributed by atoms with Crippen LogP contribution in [0.15, 0.2) is 48.7 Å². The molecule has 3 heterocycles. The summed E-state index contributed by atoms with van der Waals surface area (Å²) >= 11 is 0. The van der Waals surface area contributed by atoms with Gasteiger partial charge in [0.15, 0.2) is 0 Å². The number of piperidine rings is 1. The summed E-state index contributed by atoms with van der Waals surface area (Å²) in [6.45, 7) is 2.86. The van der Waals surface area contributed by atoms with Crippen LogP contribution < -0.4 is 5.32 Å². The topological polar surface area (TPSA) is 62.3 Å². The molecule has 2 aromatic rings. The zero-order valence-corrected chi connectivity index (χ0v) is 17.8. The average Bonchev–Trinajstić information content (AvgIpc) is 3.15. The lowest BCUT2D eigenvalue weighted by Gasteiger charge is -2.37. The Morgan fingerprint density at radius 3 is 2.73 bits per heavy atom. The summed E-state index contributed by atoms with van der Waals surface area (Å²) in [7, 11) is 0. The number of nitrogens with zero attached hydrogens (tertiary/aromatic N) is 2. The highest BCUT2D eigenvalue weighted by Gasteiger charge is 2.39. The van der Waals surface area contributed by atoms with Crippen molar-refractivity contribution in [2.24, 2.45) is 0 Å². The molecule has 2 fully saturated rings. The Kier molecular flexibility index (Phi) is 6.16. The van der Waals surface area contributed by atoms with Crippen LogP contribution in [0.3, 0.4) is 0 Å². The van der Waals surface area contributed by atoms with E-state index in [0.29, 0.717) is 19.3 Å². The molecular weight excluding hydrogens is 374 g/mol. The van der Waals surface area contributed by atoms with Gasteiger partial charge in [0.25, 0.3) is 0 Å². The molecule has 2 saturated heterocycles. The minimum Gasteiger partial charge on any atom is -0.350 e. The van der Waals surface area contributed by atoms with Crippen molar-refractivity contribution >= 4 is 11.8 Å². The number of rotatable bonds is 6. The summed E-state index contributed by atoms with van der Waals surface area (Å²) < 4.78 is 0. The lowest BCUT2D eigenvalue weighted by molar-refractivity contribution is -0.135. The Balaban J connectivity index is 1.45. The van der Waals surface area contributed by atoms with Gasteiger partial charge >= 0.3 is 0 Å². The van der Waals surface area contributed by atoms with Gasteiger partial charge in [-0.25, -0.2) is 0 Å². The third kappa shape index (κ3) is 4.72. The molecule has 1 N–H and O–H groups in total. The van der Waals surface area contributed by atoms with Crippen LogP contribution in [0.2, 0.25) is 0 Å². The fourth-order valence-electron chi connectivity index (χ4n) is 4.88. The van der Waals surface area contributed by atoms with Gasteiger partial charge in [0.2, 0.25) is 11.8 Å². The summed E-state index contributed by atoms with van der Waals surface area (Å²) in [5.74, 6) is 0.272. The first kappa shape index (κ1) is 20.6. The fraction of sp³-hybridized carbons (Fsp3) is 0.480. The van der Waals surface area contributed by atoms with Gasteiger partial charge < -0.3 is 10.2 Å². The van der Waals surface area contributed by atoms with Gasteiger partial charge in [0, 0.05) is 31.1 Å². The van der Waals surface area contributed by atoms with E-state index in [-0.39, 0.29) is 23.4 Å². The normalized spacial score (nSPS) is 24.0. The van der Waals surface area contributed by atoms with Crippen molar-refractivity contribution in [2.45, 2.75) is 69.9 Å². The third-order valence-corrected chi connectivity index (χ3v) is 6.57. The Bertz CT molecular complexity index is 881. The molecule has 0 bridgehead atoms. The maximum absolute atomic E-state index is 13.2. The number of pyridine rings is 1. The van der Waals surface area contributed by atoms with E-state index in [1.807, 2.05) is 23.1 Å². The number of aromatic nitrogens is 1. The number of aryl methyl sites for hydroxylation is 1. The molecule has 0 saturated carbocycles. The number of amides is 2. The monoisotopic (exact) mass is 405 g/mol. The summed E-state index contributed by atoms with van der Waals surface area (Å²) in [4.78, 5) is 31.8. The number of hydrogen-bond acceptors (Lipinski definition) is 3. The van der Waals surface area contributed by atoms with Crippen molar-refractivity contribution in [2.75, 3.05) is 6.54 Å². The SMILES string of the molecule is Cc1ccc(CC2(CCC(=O)N3CCCCC3c3ccccn3)CCC(=O)N2)cc1. The summed E-state index contributed by atoms with van der Waals surface area (Å²) in [6.07, 6.45) is 8.17. The van der Waals surface area contributed by atoms with Crippen molar-refractivity contribution in [3.8, 4) is 0 Å². The van der Waals surface area contributed by atoms with Gasteiger partial charge in [0.1, 0.15) is 0 Å². The average molecular weight is 406 g/mol. The first-order valence-electron chi connectivity index (χ1n) is 11.1. The maximum atomic E-state index is 13.2. The van der Waals surface area contributed by atoms with E-state index in [1.165, 1.54) is 11.1 Å². The van der Waals surface area contributed by atoms with Crippen molar-refractivity contribution < 1.29 is 9.59 Å². The Hall–Kier alpha value is -2.69. The molecule has 2 aliphatic heterocycles. The van der Waals surface area contributed by atoms with E-state index in [4.69, 9.17) is 0 Å². The van der Waals surface area contributed by atoms with E-state index >= 15 is 0 Å². The lowest BCUT2D eigenvalue weighted by Crippen LogP contribution is -2.45.